The average molecular weight is 258 g/mol. The molecule has 0 aromatic heterocycles. The number of nitrogens with two attached hydrogens (primary N) is 1. The summed E-state index contributed by atoms with van der Waals surface area (Å²) in [4.78, 5) is 13.1. The molecule has 0 aliphatic heterocycles. The Morgan fingerprint density at radius 2 is 1.84 bits per heavy atom. The number of rotatable bonds is 3. The highest BCUT2D eigenvalue weighted by Crippen LogP contribution is 2.27. The van der Waals surface area contributed by atoms with E-state index in [2.05, 4.69) is 0 Å². The van der Waals surface area contributed by atoms with Crippen LogP contribution in [0.3, 0.4) is 0 Å². The maximum Gasteiger partial charge on any atom is 0.161 e. The highest BCUT2D eigenvalue weighted by atomic mass is 19.1. The van der Waals surface area contributed by atoms with Gasteiger partial charge in [0.05, 0.1) is 0 Å². The van der Waals surface area contributed by atoms with Crippen molar-refractivity contribution in [2.24, 2.45) is 0 Å². The van der Waals surface area contributed by atoms with Gasteiger partial charge in [-0.1, -0.05) is 6.07 Å². The molecule has 0 bridgehead atoms. The zero-order chi connectivity index (χ0) is 14.0. The lowest BCUT2D eigenvalue weighted by atomic mass is 10.1. The van der Waals surface area contributed by atoms with Gasteiger partial charge in [0.25, 0.3) is 0 Å². The van der Waals surface area contributed by atoms with Crippen molar-refractivity contribution in [1.82, 2.24) is 0 Å². The Labute approximate surface area is 111 Å². The van der Waals surface area contributed by atoms with Crippen LogP contribution < -0.4 is 10.6 Å². The minimum Gasteiger partial charge on any atom is -0.398 e. The van der Waals surface area contributed by atoms with E-state index in [1.807, 2.05) is 11.9 Å². The molecule has 98 valence electrons. The molecular weight excluding hydrogens is 243 g/mol. The van der Waals surface area contributed by atoms with Crippen molar-refractivity contribution in [2.45, 2.75) is 6.92 Å². The van der Waals surface area contributed by atoms with E-state index in [0.29, 0.717) is 11.3 Å². The van der Waals surface area contributed by atoms with Gasteiger partial charge in [-0.3, -0.25) is 4.79 Å². The van der Waals surface area contributed by atoms with E-state index in [0.717, 1.165) is 11.4 Å². The number of benzene rings is 2. The molecule has 0 radical (unpaired) electrons. The Morgan fingerprint density at radius 1 is 1.16 bits per heavy atom. The second-order valence-electron chi connectivity index (χ2n) is 4.37. The fraction of sp³-hybridized carbons (Fsp3) is 0.133. The highest BCUT2D eigenvalue weighted by molar-refractivity contribution is 5.99. The molecule has 0 atom stereocenters. The molecule has 3 nitrogen and oxygen atoms in total. The number of carbonyl (C=O) groups is 1. The molecule has 2 aromatic carbocycles. The third-order valence-electron chi connectivity index (χ3n) is 3.00. The first kappa shape index (κ1) is 13.1. The van der Waals surface area contributed by atoms with Gasteiger partial charge in [-0.2, -0.15) is 0 Å². The molecule has 0 aliphatic rings. The Kier molecular flexibility index (Phi) is 3.51. The lowest BCUT2D eigenvalue weighted by molar-refractivity contribution is 0.101. The molecule has 0 saturated carbocycles. The van der Waals surface area contributed by atoms with Crippen LogP contribution in [0.2, 0.25) is 0 Å². The highest BCUT2D eigenvalue weighted by Gasteiger charge is 2.09. The molecule has 4 heteroatoms. The number of nitrogens with zero attached hydrogens (tertiary/aromatic N) is 1. The standard InChI is InChI=1S/C15H15FN2O/c1-10(19)14-7-6-13(9-15(14)17)18(2)12-5-3-4-11(16)8-12/h3-9H,17H2,1-2H3. The third-order valence-corrected chi connectivity index (χ3v) is 3.00. The number of hydrogen-bond acceptors (Lipinski definition) is 3. The normalized spacial score (nSPS) is 10.3. The molecule has 2 N–H and O–H groups in total. The van der Waals surface area contributed by atoms with Crippen molar-refractivity contribution in [1.29, 1.82) is 0 Å². The lowest BCUT2D eigenvalue weighted by Gasteiger charge is -2.20. The monoisotopic (exact) mass is 258 g/mol. The van der Waals surface area contributed by atoms with Crippen LogP contribution in [0.25, 0.3) is 0 Å². The second-order valence-corrected chi connectivity index (χ2v) is 4.37. The molecule has 0 saturated heterocycles. The van der Waals surface area contributed by atoms with Crippen LogP contribution in [-0.2, 0) is 0 Å². The summed E-state index contributed by atoms with van der Waals surface area (Å²) in [7, 11) is 1.82. The quantitative estimate of drug-likeness (QED) is 0.678. The minimum absolute atomic E-state index is 0.0718. The lowest BCUT2D eigenvalue weighted by Crippen LogP contribution is -2.11. The summed E-state index contributed by atoms with van der Waals surface area (Å²) in [5, 5.41) is 0. The van der Waals surface area contributed by atoms with Crippen molar-refractivity contribution in [3.8, 4) is 0 Å². The summed E-state index contributed by atoms with van der Waals surface area (Å²) < 4.78 is 13.2. The van der Waals surface area contributed by atoms with Crippen LogP contribution in [0, 0.1) is 5.82 Å². The predicted molar refractivity (Wildman–Crippen MR) is 75.3 cm³/mol. The third kappa shape index (κ3) is 2.73. The van der Waals surface area contributed by atoms with Gasteiger partial charge in [0.15, 0.2) is 5.78 Å². The van der Waals surface area contributed by atoms with Crippen molar-refractivity contribution in [3.63, 3.8) is 0 Å². The van der Waals surface area contributed by atoms with Gasteiger partial charge in [0.1, 0.15) is 5.82 Å². The SMILES string of the molecule is CC(=O)c1ccc(N(C)c2cccc(F)c2)cc1N. The second kappa shape index (κ2) is 5.10. The molecule has 19 heavy (non-hydrogen) atoms. The minimum atomic E-state index is -0.294. The van der Waals surface area contributed by atoms with E-state index in [9.17, 15) is 9.18 Å². The summed E-state index contributed by atoms with van der Waals surface area (Å²) >= 11 is 0. The molecule has 2 rings (SSSR count). The first-order chi connectivity index (χ1) is 8.99. The van der Waals surface area contributed by atoms with Crippen LogP contribution in [0.1, 0.15) is 17.3 Å². The van der Waals surface area contributed by atoms with Gasteiger partial charge in [-0.25, -0.2) is 4.39 Å². The Bertz CT molecular complexity index is 625. The van der Waals surface area contributed by atoms with Crippen molar-refractivity contribution >= 4 is 22.8 Å². The maximum atomic E-state index is 13.2. The summed E-state index contributed by atoms with van der Waals surface area (Å²) in [6.45, 7) is 1.47. The molecule has 2 aromatic rings. The van der Waals surface area contributed by atoms with Gasteiger partial charge in [-0.05, 0) is 43.3 Å². The molecular formula is C15H15FN2O. The fourth-order valence-electron chi connectivity index (χ4n) is 1.91. The zero-order valence-corrected chi connectivity index (χ0v) is 10.9. The molecule has 0 fully saturated rings. The summed E-state index contributed by atoms with van der Waals surface area (Å²) in [6.07, 6.45) is 0. The molecule has 0 heterocycles. The van der Waals surface area contributed by atoms with Crippen LogP contribution in [0.15, 0.2) is 42.5 Å². The Balaban J connectivity index is 2.37. The Hall–Kier alpha value is -2.36. The van der Waals surface area contributed by atoms with Crippen LogP contribution in [0.4, 0.5) is 21.5 Å². The van der Waals surface area contributed by atoms with Gasteiger partial charge in [-0.15, -0.1) is 0 Å². The number of ketones is 1. The van der Waals surface area contributed by atoms with Crippen LogP contribution in [-0.4, -0.2) is 12.8 Å². The van der Waals surface area contributed by atoms with E-state index in [4.69, 9.17) is 5.73 Å². The summed E-state index contributed by atoms with van der Waals surface area (Å²) in [5.41, 5.74) is 8.28. The first-order valence-electron chi connectivity index (χ1n) is 5.89. The van der Waals surface area contributed by atoms with E-state index in [1.165, 1.54) is 19.1 Å². The van der Waals surface area contributed by atoms with Gasteiger partial charge in [0.2, 0.25) is 0 Å². The molecule has 0 spiro atoms. The summed E-state index contributed by atoms with van der Waals surface area (Å²) in [6, 6.07) is 11.5. The van der Waals surface area contributed by atoms with Crippen LogP contribution in [0.5, 0.6) is 0 Å². The number of anilines is 3. The van der Waals surface area contributed by atoms with E-state index >= 15 is 0 Å². The van der Waals surface area contributed by atoms with Crippen LogP contribution >= 0.6 is 0 Å². The Morgan fingerprint density at radius 3 is 2.42 bits per heavy atom. The number of hydrogen-bond donors (Lipinski definition) is 1. The van der Waals surface area contributed by atoms with Crippen molar-refractivity contribution in [2.75, 3.05) is 17.7 Å². The van der Waals surface area contributed by atoms with E-state index in [1.54, 1.807) is 30.3 Å². The van der Waals surface area contributed by atoms with Gasteiger partial charge < -0.3 is 10.6 Å². The average Bonchev–Trinajstić information content (AvgIpc) is 2.37. The molecule has 0 amide bonds. The molecule has 0 unspecified atom stereocenters. The summed E-state index contributed by atoms with van der Waals surface area (Å²) in [5.74, 6) is -0.366. The first-order valence-corrected chi connectivity index (χ1v) is 5.89. The van der Waals surface area contributed by atoms with Gasteiger partial charge in [0, 0.05) is 29.7 Å². The van der Waals surface area contributed by atoms with Crippen molar-refractivity contribution in [3.05, 3.63) is 53.8 Å². The van der Waals surface area contributed by atoms with Gasteiger partial charge >= 0.3 is 0 Å². The largest absolute Gasteiger partial charge is 0.398 e. The van der Waals surface area contributed by atoms with E-state index in [-0.39, 0.29) is 11.6 Å². The number of halogens is 1. The number of Topliss-reactive ketones (excluding diaryl/α,β-unsaturated/α-hetero) is 1. The maximum absolute atomic E-state index is 13.2. The van der Waals surface area contributed by atoms with E-state index < -0.39 is 0 Å². The zero-order valence-electron chi connectivity index (χ0n) is 10.9. The number of nitrogen functional groups attached to an aromatic ring is 1. The fourth-order valence-corrected chi connectivity index (χ4v) is 1.91. The number of carbonyl (C=O) groups excluding carboxylic acids is 1. The molecule has 0 aliphatic carbocycles. The smallest absolute Gasteiger partial charge is 0.161 e. The topological polar surface area (TPSA) is 46.3 Å². The van der Waals surface area contributed by atoms with Crippen molar-refractivity contribution < 1.29 is 9.18 Å². The predicted octanol–water partition coefficient (Wildman–Crippen LogP) is 3.38.